The van der Waals surface area contributed by atoms with E-state index in [1.165, 1.54) is 0 Å². The highest BCUT2D eigenvalue weighted by Gasteiger charge is 2.37. The number of benzene rings is 6. The van der Waals surface area contributed by atoms with E-state index in [0.717, 1.165) is 43.3 Å². The van der Waals surface area contributed by atoms with Gasteiger partial charge in [0.15, 0.2) is 0 Å². The Labute approximate surface area is 319 Å². The Bertz CT molecular complexity index is 2380. The molecule has 2 atom stereocenters. The molecule has 2 aromatic heterocycles. The number of nitrogens with zero attached hydrogens (tertiary/aromatic N) is 6. The van der Waals surface area contributed by atoms with Crippen molar-refractivity contribution >= 4 is 44.6 Å². The minimum absolute atomic E-state index is 0.379. The van der Waals surface area contributed by atoms with Crippen LogP contribution in [0.1, 0.15) is 0 Å². The first kappa shape index (κ1) is 35.4. The lowest BCUT2D eigenvalue weighted by Gasteiger charge is -2.23. The second kappa shape index (κ2) is 15.8. The lowest BCUT2D eigenvalue weighted by Crippen LogP contribution is -2.08. The molecule has 0 amide bonds. The van der Waals surface area contributed by atoms with Gasteiger partial charge in [-0.2, -0.15) is 0 Å². The van der Waals surface area contributed by atoms with Crippen molar-refractivity contribution in [1.82, 2.24) is 30.0 Å². The van der Waals surface area contributed by atoms with Gasteiger partial charge in [0.1, 0.15) is 22.9 Å². The molecular formula is C40H30N6O4P2S2. The van der Waals surface area contributed by atoms with Crippen LogP contribution in [0.25, 0.3) is 33.9 Å². The van der Waals surface area contributed by atoms with Crippen molar-refractivity contribution in [3.8, 4) is 45.4 Å². The molecule has 0 saturated heterocycles. The molecule has 0 fully saturated rings. The highest BCUT2D eigenvalue weighted by molar-refractivity contribution is 9.14. The molecule has 0 aliphatic rings. The van der Waals surface area contributed by atoms with Gasteiger partial charge in [0.05, 0.1) is 34.4 Å². The largest absolute Gasteiger partial charge is 0.432 e. The molecule has 0 bridgehead atoms. The summed E-state index contributed by atoms with van der Waals surface area (Å²) in [4.78, 5) is 0. The van der Waals surface area contributed by atoms with E-state index in [1.54, 1.807) is 82.2 Å². The summed E-state index contributed by atoms with van der Waals surface area (Å²) < 4.78 is 45.7. The molecule has 10 nitrogen and oxygen atoms in total. The molecule has 0 spiro atoms. The summed E-state index contributed by atoms with van der Waals surface area (Å²) in [6, 6.07) is 51.6. The van der Waals surface area contributed by atoms with Gasteiger partial charge in [-0.15, -0.1) is 10.2 Å². The fourth-order valence-electron chi connectivity index (χ4n) is 5.39. The van der Waals surface area contributed by atoms with Crippen LogP contribution in [-0.4, -0.2) is 30.0 Å². The minimum atomic E-state index is -3.73. The molecule has 2 unspecified atom stereocenters. The Morgan fingerprint density at radius 3 is 1.11 bits per heavy atom. The smallest absolute Gasteiger partial charge is 0.343 e. The van der Waals surface area contributed by atoms with Crippen LogP contribution < -0.4 is 19.7 Å². The Hall–Kier alpha value is -5.64. The van der Waals surface area contributed by atoms with Crippen molar-refractivity contribution in [3.05, 3.63) is 182 Å². The normalized spacial score (nSPS) is 13.4. The van der Waals surface area contributed by atoms with Crippen LogP contribution in [0.15, 0.2) is 182 Å². The van der Waals surface area contributed by atoms with Gasteiger partial charge in [-0.05, 0) is 97.1 Å². The molecule has 54 heavy (non-hydrogen) atoms. The number of rotatable bonds is 13. The molecule has 0 aliphatic carbocycles. The van der Waals surface area contributed by atoms with Crippen LogP contribution in [0.5, 0.6) is 11.5 Å². The van der Waals surface area contributed by atoms with Gasteiger partial charge in [-0.25, -0.2) is 9.36 Å². The molecule has 0 aliphatic heterocycles. The lowest BCUT2D eigenvalue weighted by molar-refractivity contribution is 0.507. The fraction of sp³-hybridized carbons (Fsp3) is 0. The van der Waals surface area contributed by atoms with Gasteiger partial charge in [0.25, 0.3) is 0 Å². The maximum Gasteiger partial charge on any atom is 0.343 e. The highest BCUT2D eigenvalue weighted by atomic mass is 33.5. The zero-order valence-electron chi connectivity index (χ0n) is 28.3. The van der Waals surface area contributed by atoms with Crippen LogP contribution in [0.3, 0.4) is 0 Å². The molecule has 6 aromatic carbocycles. The van der Waals surface area contributed by atoms with Crippen molar-refractivity contribution in [3.63, 3.8) is 0 Å². The van der Waals surface area contributed by atoms with Gasteiger partial charge in [0, 0.05) is 32.0 Å². The first-order valence-corrected chi connectivity index (χ1v) is 23.3. The maximum atomic E-state index is 14.8. The van der Waals surface area contributed by atoms with Crippen molar-refractivity contribution in [1.29, 1.82) is 0 Å². The molecule has 8 aromatic rings. The summed E-state index contributed by atoms with van der Waals surface area (Å²) in [6.07, 6.45) is 3.69. The summed E-state index contributed by atoms with van der Waals surface area (Å²) in [5.74, 6) is 0.759. The topological polar surface area (TPSA) is 114 Å². The standard InChI is InChI=1S/C40H30N6O4P2S2/c47-51(37-17-9-3-10-18-37,49-35-25-21-31(22-26-35)39-29-45(43-41-39)33-13-5-1-6-14-33)53-54-52(48,38-19-11-4-12-20-38)50-36-27-23-32(24-28-36)40-30-46(44-42-40)34-15-7-2-8-16-34/h1-30H. The van der Waals surface area contributed by atoms with E-state index in [-0.39, 0.29) is 0 Å². The Morgan fingerprint density at radius 1 is 0.426 bits per heavy atom. The van der Waals surface area contributed by atoms with Gasteiger partial charge < -0.3 is 9.05 Å². The highest BCUT2D eigenvalue weighted by Crippen LogP contribution is 2.74. The quantitative estimate of drug-likeness (QED) is 0.0827. The molecule has 0 N–H and O–H groups in total. The predicted octanol–water partition coefficient (Wildman–Crippen LogP) is 10.1. The van der Waals surface area contributed by atoms with Crippen molar-refractivity contribution in [2.45, 2.75) is 0 Å². The number of aromatic nitrogens is 6. The first-order valence-electron chi connectivity index (χ1n) is 16.7. The maximum absolute atomic E-state index is 14.8. The Balaban J connectivity index is 1.02. The average Bonchev–Trinajstić information content (AvgIpc) is 3.94. The first-order chi connectivity index (χ1) is 26.4. The van der Waals surface area contributed by atoms with Gasteiger partial charge in [-0.1, -0.05) is 83.2 Å². The third-order valence-corrected chi connectivity index (χ3v) is 20.4. The molecule has 8 rings (SSSR count). The zero-order chi connectivity index (χ0) is 36.8. The van der Waals surface area contributed by atoms with Gasteiger partial charge in [0.2, 0.25) is 0 Å². The molecule has 0 radical (unpaired) electrons. The average molecular weight is 785 g/mol. The third kappa shape index (κ3) is 7.98. The van der Waals surface area contributed by atoms with E-state index in [4.69, 9.17) is 9.05 Å². The van der Waals surface area contributed by atoms with Crippen LogP contribution in [0, 0.1) is 0 Å². The number of hydrogen-bond acceptors (Lipinski definition) is 10. The minimum Gasteiger partial charge on any atom is -0.432 e. The summed E-state index contributed by atoms with van der Waals surface area (Å²) in [6.45, 7) is -7.46. The van der Waals surface area contributed by atoms with Gasteiger partial charge in [-0.3, -0.25) is 9.13 Å². The number of hydrogen-bond donors (Lipinski definition) is 0. The van der Waals surface area contributed by atoms with Crippen molar-refractivity contribution < 1.29 is 18.2 Å². The van der Waals surface area contributed by atoms with Crippen molar-refractivity contribution in [2.24, 2.45) is 0 Å². The second-order valence-electron chi connectivity index (χ2n) is 11.8. The van der Waals surface area contributed by atoms with Crippen LogP contribution >= 0.6 is 34.0 Å². The second-order valence-corrected chi connectivity index (χ2v) is 22.0. The summed E-state index contributed by atoms with van der Waals surface area (Å²) in [5.41, 5.74) is 4.77. The predicted molar refractivity (Wildman–Crippen MR) is 217 cm³/mol. The van der Waals surface area contributed by atoms with E-state index in [1.807, 2.05) is 109 Å². The summed E-state index contributed by atoms with van der Waals surface area (Å²) in [7, 11) is 1.82. The lowest BCUT2D eigenvalue weighted by atomic mass is 10.2. The third-order valence-electron chi connectivity index (χ3n) is 8.15. The number of para-hydroxylation sites is 2. The van der Waals surface area contributed by atoms with Crippen molar-refractivity contribution in [2.75, 3.05) is 0 Å². The summed E-state index contributed by atoms with van der Waals surface area (Å²) >= 11 is 0. The van der Waals surface area contributed by atoms with E-state index in [2.05, 4.69) is 20.6 Å². The van der Waals surface area contributed by atoms with E-state index in [0.29, 0.717) is 33.5 Å². The molecule has 2 heterocycles. The van der Waals surface area contributed by atoms with Gasteiger partial charge >= 0.3 is 13.1 Å². The Morgan fingerprint density at radius 2 is 0.759 bits per heavy atom. The molecule has 14 heteroatoms. The van der Waals surface area contributed by atoms with Crippen LogP contribution in [0.4, 0.5) is 0 Å². The molecular weight excluding hydrogens is 755 g/mol. The van der Waals surface area contributed by atoms with E-state index >= 15 is 0 Å². The monoisotopic (exact) mass is 784 g/mol. The molecule has 0 saturated carbocycles. The summed E-state index contributed by atoms with van der Waals surface area (Å²) in [5, 5.41) is 18.1. The SMILES string of the molecule is O=P(Oc1ccc(-c2cn(-c3ccccc3)nn2)cc1)(SSP(=O)(Oc1ccc(-c2cn(-c3ccccc3)nn2)cc1)c1ccccc1)c1ccccc1. The van der Waals surface area contributed by atoms with Crippen LogP contribution in [-0.2, 0) is 9.13 Å². The van der Waals surface area contributed by atoms with Crippen LogP contribution in [0.2, 0.25) is 0 Å². The van der Waals surface area contributed by atoms with E-state index in [9.17, 15) is 9.13 Å². The Kier molecular flexibility index (Phi) is 10.3. The van der Waals surface area contributed by atoms with E-state index < -0.39 is 13.1 Å². The zero-order valence-corrected chi connectivity index (χ0v) is 31.8. The molecule has 266 valence electrons. The fourth-order valence-corrected chi connectivity index (χ4v) is 18.8.